The Kier molecular flexibility index (Phi) is 6.12. The molecule has 2 unspecified atom stereocenters. The fraction of sp³-hybridized carbons (Fsp3) is 0.769. The predicted octanol–water partition coefficient (Wildman–Crippen LogP) is 2.42. The van der Waals surface area contributed by atoms with Crippen LogP contribution in [0.5, 0.6) is 0 Å². The third kappa shape index (κ3) is 3.46. The maximum atomic E-state index is 6.32. The van der Waals surface area contributed by atoms with E-state index in [-0.39, 0.29) is 12.1 Å². The molecule has 5 heteroatoms. The van der Waals surface area contributed by atoms with Crippen LogP contribution in [0.25, 0.3) is 0 Å². The van der Waals surface area contributed by atoms with Crippen LogP contribution in [-0.2, 0) is 17.7 Å². The van der Waals surface area contributed by atoms with Crippen LogP contribution >= 0.6 is 11.6 Å². The number of ether oxygens (including phenoxy) is 1. The first-order valence-corrected chi connectivity index (χ1v) is 6.93. The smallest absolute Gasteiger partial charge is 0.0847 e. The number of aromatic nitrogens is 2. The molecule has 4 nitrogen and oxygen atoms in total. The van der Waals surface area contributed by atoms with Crippen molar-refractivity contribution in [2.24, 2.45) is 0 Å². The summed E-state index contributed by atoms with van der Waals surface area (Å²) in [6, 6.07) is 0.240. The van der Waals surface area contributed by atoms with Gasteiger partial charge in [-0.1, -0.05) is 11.6 Å². The van der Waals surface area contributed by atoms with Crippen LogP contribution in [0.4, 0.5) is 0 Å². The average molecular weight is 274 g/mol. The zero-order valence-electron chi connectivity index (χ0n) is 12.0. The molecule has 0 fully saturated rings. The largest absolute Gasteiger partial charge is 0.377 e. The summed E-state index contributed by atoms with van der Waals surface area (Å²) in [4.78, 5) is 0. The van der Waals surface area contributed by atoms with Gasteiger partial charge in [-0.3, -0.25) is 4.68 Å². The van der Waals surface area contributed by atoms with Gasteiger partial charge in [-0.25, -0.2) is 0 Å². The monoisotopic (exact) mass is 273 g/mol. The van der Waals surface area contributed by atoms with E-state index in [1.54, 1.807) is 0 Å². The highest BCUT2D eigenvalue weighted by Gasteiger charge is 2.21. The summed E-state index contributed by atoms with van der Waals surface area (Å²) in [6.45, 7) is 9.67. The third-order valence-electron chi connectivity index (χ3n) is 3.23. The Bertz CT molecular complexity index is 379. The summed E-state index contributed by atoms with van der Waals surface area (Å²) >= 11 is 6.32. The summed E-state index contributed by atoms with van der Waals surface area (Å²) in [7, 11) is 1.95. The lowest BCUT2D eigenvalue weighted by Gasteiger charge is -2.23. The molecule has 0 saturated carbocycles. The number of hydrogen-bond acceptors (Lipinski definition) is 3. The lowest BCUT2D eigenvalue weighted by atomic mass is 10.1. The molecule has 0 saturated heterocycles. The average Bonchev–Trinajstić information content (AvgIpc) is 2.62. The third-order valence-corrected chi connectivity index (χ3v) is 3.72. The molecular formula is C13H24ClN3O. The Balaban J connectivity index is 2.87. The SMILES string of the molecule is CCOC(C)C(Cc1c(Cl)c(C)nn1CC)NC. The standard InChI is InChI=1S/C13H24ClN3O/c1-6-17-12(13(14)9(3)16-17)8-11(15-5)10(4)18-7-2/h10-11,15H,6-8H2,1-5H3. The zero-order valence-corrected chi connectivity index (χ0v) is 12.7. The maximum absolute atomic E-state index is 6.32. The number of halogens is 1. The van der Waals surface area contributed by atoms with Crippen molar-refractivity contribution in [3.8, 4) is 0 Å². The Morgan fingerprint density at radius 3 is 2.61 bits per heavy atom. The van der Waals surface area contributed by atoms with Crippen molar-refractivity contribution in [3.05, 3.63) is 16.4 Å². The van der Waals surface area contributed by atoms with Gasteiger partial charge in [0.2, 0.25) is 0 Å². The molecule has 1 rings (SSSR count). The van der Waals surface area contributed by atoms with Crippen LogP contribution in [-0.4, -0.2) is 35.6 Å². The molecule has 1 N–H and O–H groups in total. The van der Waals surface area contributed by atoms with Crippen molar-refractivity contribution < 1.29 is 4.74 Å². The van der Waals surface area contributed by atoms with Crippen LogP contribution in [0.1, 0.15) is 32.2 Å². The van der Waals surface area contributed by atoms with E-state index < -0.39 is 0 Å². The molecule has 2 atom stereocenters. The molecule has 18 heavy (non-hydrogen) atoms. The predicted molar refractivity (Wildman–Crippen MR) is 75.3 cm³/mol. The highest BCUT2D eigenvalue weighted by molar-refractivity contribution is 6.31. The van der Waals surface area contributed by atoms with Crippen LogP contribution in [0.15, 0.2) is 0 Å². The minimum Gasteiger partial charge on any atom is -0.377 e. The second-order valence-corrected chi connectivity index (χ2v) is 4.80. The molecule has 0 aliphatic heterocycles. The van der Waals surface area contributed by atoms with Gasteiger partial charge < -0.3 is 10.1 Å². The highest BCUT2D eigenvalue weighted by atomic mass is 35.5. The van der Waals surface area contributed by atoms with Crippen molar-refractivity contribution in [2.75, 3.05) is 13.7 Å². The van der Waals surface area contributed by atoms with Gasteiger partial charge in [0.15, 0.2) is 0 Å². The van der Waals surface area contributed by atoms with Gasteiger partial charge in [-0.2, -0.15) is 5.10 Å². The lowest BCUT2D eigenvalue weighted by Crippen LogP contribution is -2.40. The first-order valence-electron chi connectivity index (χ1n) is 6.55. The molecule has 1 aromatic heterocycles. The molecule has 0 aliphatic rings. The van der Waals surface area contributed by atoms with E-state index in [1.807, 2.05) is 25.6 Å². The topological polar surface area (TPSA) is 39.1 Å². The molecular weight excluding hydrogens is 250 g/mol. The van der Waals surface area contributed by atoms with Crippen LogP contribution in [0.2, 0.25) is 5.02 Å². The first-order chi connectivity index (χ1) is 8.54. The van der Waals surface area contributed by atoms with E-state index in [0.29, 0.717) is 0 Å². The molecule has 0 aliphatic carbocycles. The van der Waals surface area contributed by atoms with Gasteiger partial charge in [0.25, 0.3) is 0 Å². The quantitative estimate of drug-likeness (QED) is 0.829. The summed E-state index contributed by atoms with van der Waals surface area (Å²) < 4.78 is 7.62. The Morgan fingerprint density at radius 1 is 1.44 bits per heavy atom. The molecule has 0 aromatic carbocycles. The summed E-state index contributed by atoms with van der Waals surface area (Å²) in [5, 5.41) is 8.51. The molecule has 0 radical (unpaired) electrons. The Labute approximate surface area is 115 Å². The van der Waals surface area contributed by atoms with Gasteiger partial charge in [-0.15, -0.1) is 0 Å². The minimum absolute atomic E-state index is 0.150. The van der Waals surface area contributed by atoms with Crippen molar-refractivity contribution in [2.45, 2.75) is 52.8 Å². The van der Waals surface area contributed by atoms with Gasteiger partial charge in [0.05, 0.1) is 22.5 Å². The van der Waals surface area contributed by atoms with E-state index in [2.05, 4.69) is 24.3 Å². The van der Waals surface area contributed by atoms with Crippen LogP contribution < -0.4 is 5.32 Å². The highest BCUT2D eigenvalue weighted by Crippen LogP contribution is 2.22. The Morgan fingerprint density at radius 2 is 2.11 bits per heavy atom. The fourth-order valence-corrected chi connectivity index (χ4v) is 2.37. The van der Waals surface area contributed by atoms with E-state index in [0.717, 1.165) is 36.0 Å². The van der Waals surface area contributed by atoms with Crippen molar-refractivity contribution in [1.29, 1.82) is 0 Å². The van der Waals surface area contributed by atoms with Crippen LogP contribution in [0.3, 0.4) is 0 Å². The number of aryl methyl sites for hydroxylation is 2. The van der Waals surface area contributed by atoms with Crippen molar-refractivity contribution in [1.82, 2.24) is 15.1 Å². The minimum atomic E-state index is 0.150. The fourth-order valence-electron chi connectivity index (χ4n) is 2.15. The van der Waals surface area contributed by atoms with E-state index in [4.69, 9.17) is 16.3 Å². The zero-order chi connectivity index (χ0) is 13.7. The van der Waals surface area contributed by atoms with Gasteiger partial charge in [0.1, 0.15) is 0 Å². The second-order valence-electron chi connectivity index (χ2n) is 4.42. The van der Waals surface area contributed by atoms with Gasteiger partial charge in [-0.05, 0) is 34.7 Å². The number of rotatable bonds is 7. The summed E-state index contributed by atoms with van der Waals surface area (Å²) in [5.74, 6) is 0. The molecule has 1 aromatic rings. The van der Waals surface area contributed by atoms with Crippen molar-refractivity contribution in [3.63, 3.8) is 0 Å². The van der Waals surface area contributed by atoms with Crippen molar-refractivity contribution >= 4 is 11.6 Å². The molecule has 104 valence electrons. The van der Waals surface area contributed by atoms with E-state index in [9.17, 15) is 0 Å². The second kappa shape index (κ2) is 7.12. The molecule has 0 amide bonds. The summed E-state index contributed by atoms with van der Waals surface area (Å²) in [5.41, 5.74) is 1.98. The number of nitrogens with one attached hydrogen (secondary N) is 1. The van der Waals surface area contributed by atoms with E-state index in [1.165, 1.54) is 0 Å². The van der Waals surface area contributed by atoms with Crippen LogP contribution in [0, 0.1) is 6.92 Å². The molecule has 0 bridgehead atoms. The number of hydrogen-bond donors (Lipinski definition) is 1. The Hall–Kier alpha value is -0.580. The van der Waals surface area contributed by atoms with Gasteiger partial charge in [0, 0.05) is 25.6 Å². The number of nitrogens with zero attached hydrogens (tertiary/aromatic N) is 2. The molecule has 0 spiro atoms. The number of likely N-dealkylation sites (N-methyl/N-ethyl adjacent to an activating group) is 1. The first kappa shape index (κ1) is 15.5. The maximum Gasteiger partial charge on any atom is 0.0847 e. The normalized spacial score (nSPS) is 14.8. The molecule has 1 heterocycles. The van der Waals surface area contributed by atoms with Gasteiger partial charge >= 0.3 is 0 Å². The van der Waals surface area contributed by atoms with E-state index >= 15 is 0 Å². The summed E-state index contributed by atoms with van der Waals surface area (Å²) in [6.07, 6.45) is 0.974. The lowest BCUT2D eigenvalue weighted by molar-refractivity contribution is 0.0491.